The first kappa shape index (κ1) is 22.0. The molecular formula is C22H31N5O3. The van der Waals surface area contributed by atoms with Crippen LogP contribution in [0.3, 0.4) is 0 Å². The van der Waals surface area contributed by atoms with Gasteiger partial charge >= 0.3 is 0 Å². The highest BCUT2D eigenvalue weighted by Gasteiger charge is 2.24. The van der Waals surface area contributed by atoms with E-state index in [1.165, 1.54) is 0 Å². The molecule has 0 saturated carbocycles. The second-order valence-electron chi connectivity index (χ2n) is 8.11. The van der Waals surface area contributed by atoms with E-state index in [0.29, 0.717) is 24.5 Å². The number of benzene rings is 1. The minimum Gasteiger partial charge on any atom is -0.441 e. The van der Waals surface area contributed by atoms with E-state index < -0.39 is 0 Å². The lowest BCUT2D eigenvalue weighted by atomic mass is 9.96. The van der Waals surface area contributed by atoms with Crippen molar-refractivity contribution >= 4 is 11.8 Å². The van der Waals surface area contributed by atoms with Crippen molar-refractivity contribution in [1.82, 2.24) is 20.1 Å². The number of amides is 2. The maximum atomic E-state index is 12.2. The molecule has 0 radical (unpaired) electrons. The number of rotatable bonds is 8. The first-order valence-corrected chi connectivity index (χ1v) is 10.3. The Hall–Kier alpha value is -2.71. The Labute approximate surface area is 177 Å². The van der Waals surface area contributed by atoms with Gasteiger partial charge in [0.05, 0.1) is 5.69 Å². The Bertz CT molecular complexity index is 867. The van der Waals surface area contributed by atoms with Crippen molar-refractivity contribution < 1.29 is 14.0 Å². The molecule has 162 valence electrons. The lowest BCUT2D eigenvalue weighted by molar-refractivity contribution is -0.123. The van der Waals surface area contributed by atoms with Crippen molar-refractivity contribution in [3.63, 3.8) is 0 Å². The number of hydrogen-bond donors (Lipinski definition) is 2. The topological polar surface area (TPSA) is 105 Å². The zero-order chi connectivity index (χ0) is 21.7. The van der Waals surface area contributed by atoms with Crippen LogP contribution in [-0.2, 0) is 11.3 Å². The third-order valence-corrected chi connectivity index (χ3v) is 5.49. The van der Waals surface area contributed by atoms with Crippen LogP contribution >= 0.6 is 0 Å². The van der Waals surface area contributed by atoms with Crippen LogP contribution in [0.15, 0.2) is 28.7 Å². The van der Waals surface area contributed by atoms with Crippen LogP contribution < -0.4 is 11.1 Å². The number of aryl methyl sites for hydroxylation is 1. The number of carbonyl (C=O) groups is 2. The second-order valence-corrected chi connectivity index (χ2v) is 8.11. The number of piperidine rings is 1. The number of nitrogens with one attached hydrogen (secondary N) is 1. The number of nitrogens with two attached hydrogens (primary N) is 1. The molecule has 3 rings (SSSR count). The predicted molar refractivity (Wildman–Crippen MR) is 115 cm³/mol. The van der Waals surface area contributed by atoms with Crippen LogP contribution in [0.4, 0.5) is 0 Å². The van der Waals surface area contributed by atoms with E-state index in [2.05, 4.69) is 15.2 Å². The highest BCUT2D eigenvalue weighted by atomic mass is 16.4. The summed E-state index contributed by atoms with van der Waals surface area (Å²) in [5.41, 5.74) is 7.75. The highest BCUT2D eigenvalue weighted by molar-refractivity contribution is 5.94. The maximum Gasteiger partial charge on any atom is 0.251 e. The van der Waals surface area contributed by atoms with Gasteiger partial charge in [-0.15, -0.1) is 0 Å². The largest absolute Gasteiger partial charge is 0.441 e. The molecule has 8 nitrogen and oxygen atoms in total. The molecule has 0 bridgehead atoms. The van der Waals surface area contributed by atoms with Crippen LogP contribution in [0.25, 0.3) is 11.5 Å². The van der Waals surface area contributed by atoms with E-state index >= 15 is 0 Å². The summed E-state index contributed by atoms with van der Waals surface area (Å²) in [4.78, 5) is 32.5. The Morgan fingerprint density at radius 3 is 2.50 bits per heavy atom. The number of oxazole rings is 1. The average molecular weight is 414 g/mol. The van der Waals surface area contributed by atoms with Crippen LogP contribution in [0.2, 0.25) is 0 Å². The Balaban J connectivity index is 1.59. The van der Waals surface area contributed by atoms with Gasteiger partial charge in [0.1, 0.15) is 5.76 Å². The molecule has 1 aromatic carbocycles. The van der Waals surface area contributed by atoms with E-state index in [-0.39, 0.29) is 17.7 Å². The first-order chi connectivity index (χ1) is 14.3. The van der Waals surface area contributed by atoms with Gasteiger partial charge in [0, 0.05) is 36.7 Å². The molecule has 3 N–H and O–H groups in total. The molecule has 0 aliphatic carbocycles. The molecule has 2 heterocycles. The van der Waals surface area contributed by atoms with Gasteiger partial charge < -0.3 is 20.4 Å². The molecule has 2 amide bonds. The molecule has 0 unspecified atom stereocenters. The van der Waals surface area contributed by atoms with Gasteiger partial charge in [-0.3, -0.25) is 14.5 Å². The lowest BCUT2D eigenvalue weighted by Gasteiger charge is -2.29. The second kappa shape index (κ2) is 9.86. The SMILES string of the molecule is Cc1oc(-c2ccc(C(=O)NCCN(C)C)cc2)nc1CN1CCC(C(N)=O)CC1. The molecule has 1 aromatic heterocycles. The van der Waals surface area contributed by atoms with E-state index in [1.54, 1.807) is 12.1 Å². The summed E-state index contributed by atoms with van der Waals surface area (Å²) in [5, 5.41) is 2.90. The van der Waals surface area contributed by atoms with Gasteiger partial charge in [0.25, 0.3) is 5.91 Å². The quantitative estimate of drug-likeness (QED) is 0.682. The molecule has 0 atom stereocenters. The predicted octanol–water partition coefficient (Wildman–Crippen LogP) is 1.64. The van der Waals surface area contributed by atoms with Crippen LogP contribution in [0.1, 0.15) is 34.7 Å². The molecule has 2 aromatic rings. The van der Waals surface area contributed by atoms with Crippen molar-refractivity contribution in [3.8, 4) is 11.5 Å². The number of carbonyl (C=O) groups excluding carboxylic acids is 2. The van der Waals surface area contributed by atoms with Gasteiger partial charge in [0.15, 0.2) is 0 Å². The van der Waals surface area contributed by atoms with Gasteiger partial charge in [-0.2, -0.15) is 0 Å². The Morgan fingerprint density at radius 1 is 1.23 bits per heavy atom. The van der Waals surface area contributed by atoms with Crippen molar-refractivity contribution in [1.29, 1.82) is 0 Å². The fourth-order valence-corrected chi connectivity index (χ4v) is 3.54. The summed E-state index contributed by atoms with van der Waals surface area (Å²) in [5.74, 6) is 1.02. The molecule has 1 saturated heterocycles. The summed E-state index contributed by atoms with van der Waals surface area (Å²) in [6.07, 6.45) is 1.58. The van der Waals surface area contributed by atoms with Crippen molar-refractivity contribution in [2.24, 2.45) is 11.7 Å². The summed E-state index contributed by atoms with van der Waals surface area (Å²) < 4.78 is 5.88. The first-order valence-electron chi connectivity index (χ1n) is 10.3. The lowest BCUT2D eigenvalue weighted by Crippen LogP contribution is -2.38. The zero-order valence-corrected chi connectivity index (χ0v) is 18.0. The minimum atomic E-state index is -0.204. The van der Waals surface area contributed by atoms with Crippen molar-refractivity contribution in [3.05, 3.63) is 41.3 Å². The average Bonchev–Trinajstić information content (AvgIpc) is 3.08. The monoisotopic (exact) mass is 413 g/mol. The van der Waals surface area contributed by atoms with E-state index in [1.807, 2.05) is 38.1 Å². The zero-order valence-electron chi connectivity index (χ0n) is 18.0. The van der Waals surface area contributed by atoms with Crippen LogP contribution in [0.5, 0.6) is 0 Å². The molecule has 30 heavy (non-hydrogen) atoms. The number of nitrogens with zero attached hydrogens (tertiary/aromatic N) is 3. The number of primary amides is 1. The molecule has 1 fully saturated rings. The highest BCUT2D eigenvalue weighted by Crippen LogP contribution is 2.25. The normalized spacial score (nSPS) is 15.5. The van der Waals surface area contributed by atoms with E-state index in [9.17, 15) is 9.59 Å². The molecule has 8 heteroatoms. The number of aromatic nitrogens is 1. The van der Waals surface area contributed by atoms with E-state index in [4.69, 9.17) is 10.2 Å². The van der Waals surface area contributed by atoms with Crippen molar-refractivity contribution in [2.45, 2.75) is 26.3 Å². The van der Waals surface area contributed by atoms with Crippen molar-refractivity contribution in [2.75, 3.05) is 40.3 Å². The van der Waals surface area contributed by atoms with Crippen LogP contribution in [-0.4, -0.2) is 66.9 Å². The fraction of sp³-hybridized carbons (Fsp3) is 0.500. The molecule has 1 aliphatic heterocycles. The van der Waals surface area contributed by atoms with E-state index in [0.717, 1.165) is 49.5 Å². The Morgan fingerprint density at radius 2 is 1.90 bits per heavy atom. The summed E-state index contributed by atoms with van der Waals surface area (Å²) in [6, 6.07) is 7.28. The minimum absolute atomic E-state index is 0.0196. The molecule has 0 spiro atoms. The van der Waals surface area contributed by atoms with Gasteiger partial charge in [-0.1, -0.05) is 0 Å². The third kappa shape index (κ3) is 5.67. The fourth-order valence-electron chi connectivity index (χ4n) is 3.54. The van der Waals surface area contributed by atoms with Gasteiger partial charge in [-0.25, -0.2) is 4.98 Å². The molecular weight excluding hydrogens is 382 g/mol. The standard InChI is InChI=1S/C22H31N5O3/c1-15-19(14-27-11-8-16(9-12-27)20(23)28)25-22(30-15)18-6-4-17(5-7-18)21(29)24-10-13-26(2)3/h4-7,16H,8-14H2,1-3H3,(H2,23,28)(H,24,29). The van der Waals surface area contributed by atoms with Crippen LogP contribution in [0, 0.1) is 12.8 Å². The summed E-state index contributed by atoms with van der Waals surface area (Å²) in [6.45, 7) is 5.65. The number of hydrogen-bond acceptors (Lipinski definition) is 6. The number of likely N-dealkylation sites (tertiary alicyclic amines) is 1. The Kier molecular flexibility index (Phi) is 7.23. The smallest absolute Gasteiger partial charge is 0.251 e. The number of likely N-dealkylation sites (N-methyl/N-ethyl adjacent to an activating group) is 1. The molecule has 1 aliphatic rings. The summed E-state index contributed by atoms with van der Waals surface area (Å²) >= 11 is 0. The maximum absolute atomic E-state index is 12.2. The van der Waals surface area contributed by atoms with Gasteiger partial charge in [-0.05, 0) is 71.2 Å². The van der Waals surface area contributed by atoms with Gasteiger partial charge in [0.2, 0.25) is 11.8 Å². The third-order valence-electron chi connectivity index (χ3n) is 5.49. The summed E-state index contributed by atoms with van der Waals surface area (Å²) in [7, 11) is 3.94.